The third kappa shape index (κ3) is 5.45. The summed E-state index contributed by atoms with van der Waals surface area (Å²) in [5, 5.41) is 17.8. The lowest BCUT2D eigenvalue weighted by Crippen LogP contribution is -2.13. The van der Waals surface area contributed by atoms with E-state index in [0.29, 0.717) is 11.3 Å². The molecule has 0 spiro atoms. The monoisotopic (exact) mass is 492 g/mol. The van der Waals surface area contributed by atoms with E-state index >= 15 is 0 Å². The van der Waals surface area contributed by atoms with Crippen LogP contribution in [0, 0.1) is 0 Å². The van der Waals surface area contributed by atoms with Gasteiger partial charge in [-0.3, -0.25) is 19.8 Å². The summed E-state index contributed by atoms with van der Waals surface area (Å²) >= 11 is 0. The molecule has 12 heteroatoms. The van der Waals surface area contributed by atoms with Gasteiger partial charge in [0.1, 0.15) is 4.90 Å². The number of benzene rings is 1. The first-order valence-corrected chi connectivity index (χ1v) is 11.6. The van der Waals surface area contributed by atoms with Crippen molar-refractivity contribution in [2.75, 3.05) is 10.6 Å². The molecule has 0 bridgehead atoms. The number of nitrogens with one attached hydrogen (secondary N) is 2. The summed E-state index contributed by atoms with van der Waals surface area (Å²) in [6.45, 7) is 0. The van der Waals surface area contributed by atoms with Gasteiger partial charge < -0.3 is 10.4 Å². The number of carboxylic acid groups (broad SMARTS) is 1. The minimum absolute atomic E-state index is 0.0107. The fraction of sp³-hybridized carbons (Fsp3) is 0.0435. The first kappa shape index (κ1) is 23.4. The fourth-order valence-corrected chi connectivity index (χ4v) is 4.33. The maximum atomic E-state index is 13.0. The third-order valence-corrected chi connectivity index (χ3v) is 6.48. The summed E-state index contributed by atoms with van der Waals surface area (Å²) in [6.07, 6.45) is 8.83. The number of pyridine rings is 1. The van der Waals surface area contributed by atoms with Crippen LogP contribution in [-0.2, 0) is 21.9 Å². The zero-order valence-corrected chi connectivity index (χ0v) is 19.2. The molecule has 0 radical (unpaired) electrons. The number of carbonyl (C=O) groups is 2. The zero-order valence-electron chi connectivity index (χ0n) is 18.4. The number of hydrogen-bond donors (Lipinski definition) is 3. The van der Waals surface area contributed by atoms with E-state index in [1.54, 1.807) is 54.5 Å². The van der Waals surface area contributed by atoms with Gasteiger partial charge in [0.25, 0.3) is 10.0 Å². The van der Waals surface area contributed by atoms with Crippen molar-refractivity contribution in [2.45, 2.75) is 4.90 Å². The Balaban J connectivity index is 1.46. The molecule has 0 saturated carbocycles. The van der Waals surface area contributed by atoms with Gasteiger partial charge in [0.2, 0.25) is 5.91 Å². The molecule has 0 unspecified atom stereocenters. The Morgan fingerprint density at radius 1 is 1.00 bits per heavy atom. The topological polar surface area (TPSA) is 148 Å². The highest BCUT2D eigenvalue weighted by Gasteiger charge is 2.17. The molecule has 35 heavy (non-hydrogen) atoms. The number of amides is 2. The van der Waals surface area contributed by atoms with Crippen LogP contribution in [-0.4, -0.2) is 44.3 Å². The van der Waals surface area contributed by atoms with Crippen LogP contribution in [0.4, 0.5) is 16.2 Å². The lowest BCUT2D eigenvalue weighted by atomic mass is 10.2. The molecule has 4 aromatic rings. The maximum absolute atomic E-state index is 13.0. The summed E-state index contributed by atoms with van der Waals surface area (Å²) in [4.78, 5) is 27.4. The molecule has 1 aromatic carbocycles. The number of hydrogen-bond acceptors (Lipinski definition) is 6. The second-order valence-corrected chi connectivity index (χ2v) is 9.20. The Morgan fingerprint density at radius 2 is 1.74 bits per heavy atom. The quantitative estimate of drug-likeness (QED) is 0.335. The second-order valence-electron chi connectivity index (χ2n) is 7.36. The number of rotatable bonds is 7. The fourth-order valence-electron chi connectivity index (χ4n) is 3.18. The molecule has 11 nitrogen and oxygen atoms in total. The van der Waals surface area contributed by atoms with Gasteiger partial charge in [-0.25, -0.2) is 17.2 Å². The molecule has 4 rings (SSSR count). The van der Waals surface area contributed by atoms with Gasteiger partial charge in [0.15, 0.2) is 0 Å². The Hall–Kier alpha value is -4.71. The minimum atomic E-state index is -3.88. The van der Waals surface area contributed by atoms with Crippen LogP contribution in [0.5, 0.6) is 0 Å². The molecular formula is C23H20N6O5S. The highest BCUT2D eigenvalue weighted by molar-refractivity contribution is 7.90. The van der Waals surface area contributed by atoms with E-state index in [1.807, 2.05) is 0 Å². The van der Waals surface area contributed by atoms with E-state index in [-0.39, 0.29) is 16.3 Å². The van der Waals surface area contributed by atoms with Gasteiger partial charge in [0, 0.05) is 43.5 Å². The van der Waals surface area contributed by atoms with Crippen LogP contribution in [0.3, 0.4) is 0 Å². The largest absolute Gasteiger partial charge is 0.465 e. The molecule has 0 aliphatic carbocycles. The molecule has 0 aliphatic rings. The average Bonchev–Trinajstić information content (AvgIpc) is 3.48. The maximum Gasteiger partial charge on any atom is 0.409 e. The van der Waals surface area contributed by atoms with E-state index in [0.717, 1.165) is 9.54 Å². The normalized spacial score (nSPS) is 11.5. The molecule has 0 fully saturated rings. The van der Waals surface area contributed by atoms with Gasteiger partial charge in [-0.15, -0.1) is 0 Å². The van der Waals surface area contributed by atoms with Crippen LogP contribution in [0.25, 0.3) is 17.3 Å². The summed E-state index contributed by atoms with van der Waals surface area (Å²) in [7, 11) is -2.10. The van der Waals surface area contributed by atoms with Crippen molar-refractivity contribution in [3.63, 3.8) is 0 Å². The molecular weight excluding hydrogens is 472 g/mol. The van der Waals surface area contributed by atoms with Crippen LogP contribution < -0.4 is 10.6 Å². The molecule has 3 aromatic heterocycles. The number of aromatic nitrogens is 4. The van der Waals surface area contributed by atoms with Crippen molar-refractivity contribution >= 4 is 39.5 Å². The van der Waals surface area contributed by atoms with Crippen LogP contribution >= 0.6 is 0 Å². The van der Waals surface area contributed by atoms with E-state index in [4.69, 9.17) is 5.11 Å². The van der Waals surface area contributed by atoms with E-state index in [2.05, 4.69) is 20.7 Å². The third-order valence-electron chi connectivity index (χ3n) is 4.86. The average molecular weight is 493 g/mol. The molecule has 0 saturated heterocycles. The van der Waals surface area contributed by atoms with Crippen molar-refractivity contribution in [2.24, 2.45) is 7.05 Å². The molecule has 2 amide bonds. The van der Waals surface area contributed by atoms with Gasteiger partial charge in [-0.2, -0.15) is 5.10 Å². The first-order chi connectivity index (χ1) is 16.7. The number of para-hydroxylation sites is 2. The highest BCUT2D eigenvalue weighted by Crippen LogP contribution is 2.22. The summed E-state index contributed by atoms with van der Waals surface area (Å²) < 4.78 is 28.6. The Morgan fingerprint density at radius 3 is 2.37 bits per heavy atom. The molecule has 0 atom stereocenters. The zero-order chi connectivity index (χ0) is 25.0. The highest BCUT2D eigenvalue weighted by atomic mass is 32.2. The van der Waals surface area contributed by atoms with Gasteiger partial charge >= 0.3 is 6.09 Å². The molecule has 178 valence electrons. The van der Waals surface area contributed by atoms with Crippen LogP contribution in [0.15, 0.2) is 84.4 Å². The number of anilines is 2. The van der Waals surface area contributed by atoms with E-state index < -0.39 is 22.0 Å². The Labute approximate surface area is 200 Å². The molecule has 3 heterocycles. The van der Waals surface area contributed by atoms with Gasteiger partial charge in [-0.05, 0) is 42.0 Å². The lowest BCUT2D eigenvalue weighted by Gasteiger charge is -2.08. The predicted molar refractivity (Wildman–Crippen MR) is 129 cm³/mol. The van der Waals surface area contributed by atoms with Crippen LogP contribution in [0.1, 0.15) is 5.56 Å². The summed E-state index contributed by atoms with van der Waals surface area (Å²) in [5.74, 6) is -0.518. The van der Waals surface area contributed by atoms with E-state index in [1.165, 1.54) is 42.9 Å². The van der Waals surface area contributed by atoms with Gasteiger partial charge in [0.05, 0.1) is 23.3 Å². The van der Waals surface area contributed by atoms with Gasteiger partial charge in [-0.1, -0.05) is 12.1 Å². The number of aryl methyl sites for hydroxylation is 1. The molecule has 3 N–H and O–H groups in total. The van der Waals surface area contributed by atoms with Crippen molar-refractivity contribution in [1.29, 1.82) is 0 Å². The van der Waals surface area contributed by atoms with Crippen LogP contribution in [0.2, 0.25) is 0 Å². The molecule has 0 aliphatic heterocycles. The van der Waals surface area contributed by atoms with Crippen molar-refractivity contribution in [1.82, 2.24) is 18.7 Å². The van der Waals surface area contributed by atoms with Crippen molar-refractivity contribution in [3.05, 3.63) is 85.1 Å². The van der Waals surface area contributed by atoms with E-state index in [9.17, 15) is 18.0 Å². The smallest absolute Gasteiger partial charge is 0.409 e. The Kier molecular flexibility index (Phi) is 6.46. The number of nitrogens with zero attached hydrogens (tertiary/aromatic N) is 4. The SMILES string of the molecule is Cn1cc(-c2ccc(S(=O)(=O)n3ccc(C=CC(=O)Nc4ccccc4NC(=O)O)c3)cn2)cn1. The first-order valence-electron chi connectivity index (χ1n) is 10.2. The van der Waals surface area contributed by atoms with Crippen molar-refractivity contribution < 1.29 is 23.1 Å². The van der Waals surface area contributed by atoms with Crippen molar-refractivity contribution in [3.8, 4) is 11.3 Å². The standard InChI is InChI=1S/C23H20N6O5S/c1-28-15-17(12-25-28)19-8-7-18(13-24-19)35(33,34)29-11-10-16(14-29)6-9-22(30)26-20-4-2-3-5-21(20)27-23(31)32/h2-15,27H,1H3,(H,26,30)(H,31,32). The number of carbonyl (C=O) groups excluding carboxylic acids is 1. The summed E-state index contributed by atoms with van der Waals surface area (Å²) in [6, 6.07) is 11.0. The second kappa shape index (κ2) is 9.65. The summed E-state index contributed by atoms with van der Waals surface area (Å²) in [5.41, 5.74) is 2.35. The minimum Gasteiger partial charge on any atom is -0.465 e. The lowest BCUT2D eigenvalue weighted by molar-refractivity contribution is -0.111. The predicted octanol–water partition coefficient (Wildman–Crippen LogP) is 3.26. The Bertz CT molecular complexity index is 1520.